The zero-order valence-corrected chi connectivity index (χ0v) is 8.60. The topological polar surface area (TPSA) is 105 Å². The number of rotatable bonds is 4. The lowest BCUT2D eigenvalue weighted by atomic mass is 10.5. The number of hydrazine groups is 1. The van der Waals surface area contributed by atoms with Crippen LogP contribution in [0.5, 0.6) is 0 Å². The number of aromatic amines is 1. The molecule has 0 unspecified atom stereocenters. The van der Waals surface area contributed by atoms with Crippen molar-refractivity contribution in [3.63, 3.8) is 0 Å². The molecule has 0 saturated carbocycles. The van der Waals surface area contributed by atoms with Gasteiger partial charge >= 0.3 is 0 Å². The van der Waals surface area contributed by atoms with E-state index in [1.807, 2.05) is 0 Å². The van der Waals surface area contributed by atoms with E-state index in [2.05, 4.69) is 30.2 Å². The summed E-state index contributed by atoms with van der Waals surface area (Å²) >= 11 is 2.72. The monoisotopic (exact) mass is 229 g/mol. The van der Waals surface area contributed by atoms with Crippen molar-refractivity contribution >= 4 is 28.3 Å². The van der Waals surface area contributed by atoms with Crippen molar-refractivity contribution in [1.82, 2.24) is 24.8 Å². The minimum Gasteiger partial charge on any atom is -0.313 e. The molecule has 2 rings (SSSR count). The average molecular weight is 229 g/mol. The molecule has 0 aromatic carbocycles. The lowest BCUT2D eigenvalue weighted by Crippen LogP contribution is -2.06. The van der Waals surface area contributed by atoms with Crippen LogP contribution in [-0.4, -0.2) is 24.8 Å². The second-order valence-corrected chi connectivity index (χ2v) is 3.99. The highest BCUT2D eigenvalue weighted by Crippen LogP contribution is 2.23. The fraction of sp³-hybridized carbons (Fsp3) is 0.200. The Kier molecular flexibility index (Phi) is 2.91. The molecular weight excluding hydrogens is 222 g/mol. The van der Waals surface area contributed by atoms with Crippen LogP contribution in [0.3, 0.4) is 0 Å². The Bertz CT molecular complexity index is 382. The molecule has 0 bridgehead atoms. The smallest absolute Gasteiger partial charge is 0.183 e. The summed E-state index contributed by atoms with van der Waals surface area (Å²) in [6, 6.07) is 0. The minimum atomic E-state index is 0.658. The first-order chi connectivity index (χ1) is 6.90. The molecule has 0 saturated heterocycles. The third-order valence-electron chi connectivity index (χ3n) is 1.43. The number of anilines is 1. The molecule has 14 heavy (non-hydrogen) atoms. The first kappa shape index (κ1) is 9.37. The summed E-state index contributed by atoms with van der Waals surface area (Å²) in [5.41, 5.74) is 3.36. The Labute approximate surface area is 87.6 Å². The number of thioether (sulfide) groups is 1. The van der Waals surface area contributed by atoms with Crippen molar-refractivity contribution < 1.29 is 0 Å². The van der Waals surface area contributed by atoms with Crippen molar-refractivity contribution in [2.75, 3.05) is 5.43 Å². The van der Waals surface area contributed by atoms with E-state index in [0.29, 0.717) is 5.75 Å². The van der Waals surface area contributed by atoms with Gasteiger partial charge in [-0.25, -0.2) is 10.8 Å². The molecule has 0 amide bonds. The summed E-state index contributed by atoms with van der Waals surface area (Å²) < 4.78 is 3.78. The molecule has 0 aliphatic rings. The summed E-state index contributed by atoms with van der Waals surface area (Å²) in [5.74, 6) is 5.94. The number of nitrogens with one attached hydrogen (secondary N) is 2. The molecule has 2 heterocycles. The summed E-state index contributed by atoms with van der Waals surface area (Å²) in [6.07, 6.45) is 1.46. The van der Waals surface area contributed by atoms with Crippen molar-refractivity contribution in [3.05, 3.63) is 12.0 Å². The number of nitrogens with zero attached hydrogens (tertiary/aromatic N) is 4. The van der Waals surface area contributed by atoms with E-state index in [1.54, 1.807) is 0 Å². The third-order valence-corrected chi connectivity index (χ3v) is 3.01. The molecule has 9 heteroatoms. The van der Waals surface area contributed by atoms with Crippen molar-refractivity contribution in [3.8, 4) is 0 Å². The normalized spacial score (nSPS) is 10.4. The largest absolute Gasteiger partial charge is 0.313 e. The predicted molar refractivity (Wildman–Crippen MR) is 53.7 cm³/mol. The van der Waals surface area contributed by atoms with Gasteiger partial charge < -0.3 is 5.43 Å². The highest BCUT2D eigenvalue weighted by Gasteiger charge is 2.07. The van der Waals surface area contributed by atoms with Gasteiger partial charge in [0.05, 0.1) is 0 Å². The van der Waals surface area contributed by atoms with Gasteiger partial charge in [0.1, 0.15) is 17.0 Å². The van der Waals surface area contributed by atoms with Crippen LogP contribution in [0.25, 0.3) is 0 Å². The maximum Gasteiger partial charge on any atom is 0.183 e. The van der Waals surface area contributed by atoms with Crippen LogP contribution >= 0.6 is 23.3 Å². The van der Waals surface area contributed by atoms with Crippen molar-refractivity contribution in [2.24, 2.45) is 5.84 Å². The quantitative estimate of drug-likeness (QED) is 0.391. The maximum absolute atomic E-state index is 5.28. The van der Waals surface area contributed by atoms with E-state index in [9.17, 15) is 0 Å². The first-order valence-electron chi connectivity index (χ1n) is 3.66. The van der Waals surface area contributed by atoms with Crippen molar-refractivity contribution in [2.45, 2.75) is 10.9 Å². The minimum absolute atomic E-state index is 0.658. The lowest BCUT2D eigenvalue weighted by Gasteiger charge is -1.96. The standard InChI is InChI=1S/C5H7N7S2/c6-9-4-3(10-12-14-4)1-13-5-7-2-8-11-5/h2,9H,1,6H2,(H,7,8,11). The second-order valence-electron chi connectivity index (χ2n) is 2.27. The van der Waals surface area contributed by atoms with E-state index in [1.165, 1.54) is 29.6 Å². The van der Waals surface area contributed by atoms with E-state index < -0.39 is 0 Å². The van der Waals surface area contributed by atoms with Gasteiger partial charge in [0, 0.05) is 17.3 Å². The van der Waals surface area contributed by atoms with E-state index >= 15 is 0 Å². The molecule has 0 fully saturated rings. The number of nitrogen functional groups attached to an aromatic ring is 1. The molecule has 0 spiro atoms. The summed E-state index contributed by atoms with van der Waals surface area (Å²) in [5, 5.41) is 11.9. The Balaban J connectivity index is 1.98. The first-order valence-corrected chi connectivity index (χ1v) is 5.42. The average Bonchev–Trinajstić information content (AvgIpc) is 2.85. The van der Waals surface area contributed by atoms with Gasteiger partial charge in [-0.15, -0.1) is 5.10 Å². The van der Waals surface area contributed by atoms with Crippen LogP contribution in [0, 0.1) is 0 Å². The Hall–Kier alpha value is -1.19. The second kappa shape index (κ2) is 4.35. The molecule has 0 atom stereocenters. The number of hydrogen-bond acceptors (Lipinski definition) is 8. The Morgan fingerprint density at radius 2 is 2.57 bits per heavy atom. The Morgan fingerprint density at radius 3 is 3.29 bits per heavy atom. The number of hydrogen-bond donors (Lipinski definition) is 3. The van der Waals surface area contributed by atoms with Crippen LogP contribution in [-0.2, 0) is 5.75 Å². The van der Waals surface area contributed by atoms with Gasteiger partial charge in [0.2, 0.25) is 0 Å². The molecule has 7 nitrogen and oxygen atoms in total. The summed E-state index contributed by atoms with van der Waals surface area (Å²) in [7, 11) is 0. The molecule has 0 radical (unpaired) electrons. The molecule has 0 aliphatic carbocycles. The number of H-pyrrole nitrogens is 1. The number of nitrogens with two attached hydrogens (primary N) is 1. The van der Waals surface area contributed by atoms with Gasteiger partial charge in [-0.05, 0) is 0 Å². The van der Waals surface area contributed by atoms with E-state index in [-0.39, 0.29) is 0 Å². The van der Waals surface area contributed by atoms with Gasteiger partial charge in [-0.2, -0.15) is 5.10 Å². The van der Waals surface area contributed by atoms with Crippen LogP contribution in [0.2, 0.25) is 0 Å². The molecule has 74 valence electrons. The molecule has 2 aromatic rings. The third kappa shape index (κ3) is 2.00. The van der Waals surface area contributed by atoms with Gasteiger partial charge in [0.25, 0.3) is 0 Å². The zero-order chi connectivity index (χ0) is 9.80. The summed E-state index contributed by atoms with van der Waals surface area (Å²) in [6.45, 7) is 0. The highest BCUT2D eigenvalue weighted by molar-refractivity contribution is 7.98. The van der Waals surface area contributed by atoms with Crippen molar-refractivity contribution in [1.29, 1.82) is 0 Å². The van der Waals surface area contributed by atoms with Crippen LogP contribution in [0.15, 0.2) is 11.5 Å². The Morgan fingerprint density at radius 1 is 1.64 bits per heavy atom. The number of aromatic nitrogens is 5. The van der Waals surface area contributed by atoms with Crippen LogP contribution in [0.4, 0.5) is 5.00 Å². The SMILES string of the molecule is NNc1snnc1CSc1ncn[nH]1. The van der Waals surface area contributed by atoms with Crippen LogP contribution < -0.4 is 11.3 Å². The van der Waals surface area contributed by atoms with Crippen LogP contribution in [0.1, 0.15) is 5.69 Å². The maximum atomic E-state index is 5.28. The van der Waals surface area contributed by atoms with Gasteiger partial charge in [-0.1, -0.05) is 16.3 Å². The van der Waals surface area contributed by atoms with Gasteiger partial charge in [0.15, 0.2) is 5.16 Å². The molecular formula is C5H7N7S2. The molecule has 4 N–H and O–H groups in total. The fourth-order valence-electron chi connectivity index (χ4n) is 0.813. The van der Waals surface area contributed by atoms with E-state index in [4.69, 9.17) is 5.84 Å². The van der Waals surface area contributed by atoms with Gasteiger partial charge in [-0.3, -0.25) is 5.10 Å². The van der Waals surface area contributed by atoms with E-state index in [0.717, 1.165) is 15.9 Å². The zero-order valence-electron chi connectivity index (χ0n) is 6.97. The molecule has 0 aliphatic heterocycles. The highest BCUT2D eigenvalue weighted by atomic mass is 32.2. The fourth-order valence-corrected chi connectivity index (χ4v) is 2.11. The molecule has 2 aromatic heterocycles. The predicted octanol–water partition coefficient (Wildman–Crippen LogP) is 0.234. The lowest BCUT2D eigenvalue weighted by molar-refractivity contribution is 0.969. The summed E-state index contributed by atoms with van der Waals surface area (Å²) in [4.78, 5) is 3.97.